The average Bonchev–Trinajstić information content (AvgIpc) is 1.88. The molecular weight excluding hydrogens is 120 g/mol. The second-order valence-corrected chi connectivity index (χ2v) is 1.42. The molecule has 0 radical (unpaired) electrons. The molecule has 0 bridgehead atoms. The molecule has 0 aliphatic rings. The Labute approximate surface area is 50.6 Å². The molecule has 4 nitrogen and oxygen atoms in total. The average molecular weight is 124 g/mol. The van der Waals surface area contributed by atoms with Gasteiger partial charge in [-0.2, -0.15) is 5.11 Å². The van der Waals surface area contributed by atoms with Crippen molar-refractivity contribution < 1.29 is 4.42 Å². The Morgan fingerprint density at radius 1 is 1.67 bits per heavy atom. The van der Waals surface area contributed by atoms with Crippen LogP contribution in [0.15, 0.2) is 32.7 Å². The Kier molecular flexibility index (Phi) is 1.40. The zero-order chi connectivity index (χ0) is 6.69. The highest BCUT2D eigenvalue weighted by Crippen LogP contribution is 2.04. The molecule has 4 heteroatoms. The summed E-state index contributed by atoms with van der Waals surface area (Å²) in [7, 11) is 0. The van der Waals surface area contributed by atoms with Gasteiger partial charge in [0.2, 0.25) is 0 Å². The summed E-state index contributed by atoms with van der Waals surface area (Å²) in [6.45, 7) is 0. The van der Waals surface area contributed by atoms with Gasteiger partial charge in [-0.25, -0.2) is 10.3 Å². The summed E-state index contributed by atoms with van der Waals surface area (Å²) in [5.41, 5.74) is 6.31. The van der Waals surface area contributed by atoms with Gasteiger partial charge in [-0.15, -0.1) is 0 Å². The minimum Gasteiger partial charge on any atom is -0.431 e. The van der Waals surface area contributed by atoms with Gasteiger partial charge in [0.25, 0.3) is 0 Å². The molecule has 1 aromatic rings. The van der Waals surface area contributed by atoms with Crippen LogP contribution in [0.1, 0.15) is 0 Å². The van der Waals surface area contributed by atoms with Crippen molar-refractivity contribution in [3.8, 4) is 0 Å². The van der Waals surface area contributed by atoms with Crippen LogP contribution in [0.3, 0.4) is 0 Å². The lowest BCUT2D eigenvalue weighted by molar-refractivity contribution is 0.511. The summed E-state index contributed by atoms with van der Waals surface area (Å²) in [5, 5.41) is 3.02. The maximum atomic E-state index is 10.3. The van der Waals surface area contributed by atoms with Crippen LogP contribution < -0.4 is 5.63 Å². The lowest BCUT2D eigenvalue weighted by Gasteiger charge is -1.82. The number of rotatable bonds is 1. The van der Waals surface area contributed by atoms with Gasteiger partial charge in [-0.05, 0) is 0 Å². The van der Waals surface area contributed by atoms with E-state index in [1.807, 2.05) is 0 Å². The van der Waals surface area contributed by atoms with E-state index in [-0.39, 0.29) is 0 Å². The predicted octanol–water partition coefficient (Wildman–Crippen LogP) is 1.30. The first-order valence-electron chi connectivity index (χ1n) is 2.29. The van der Waals surface area contributed by atoms with Crippen LogP contribution in [-0.2, 0) is 0 Å². The number of nitrogens with zero attached hydrogens (tertiary/aromatic N) is 1. The van der Waals surface area contributed by atoms with Crippen molar-refractivity contribution in [3.63, 3.8) is 0 Å². The molecule has 0 aromatic carbocycles. The second kappa shape index (κ2) is 2.21. The maximum absolute atomic E-state index is 10.3. The van der Waals surface area contributed by atoms with Crippen molar-refractivity contribution in [3.05, 3.63) is 28.8 Å². The molecule has 1 aromatic heterocycles. The largest absolute Gasteiger partial charge is 0.431 e. The second-order valence-electron chi connectivity index (χ2n) is 1.42. The van der Waals surface area contributed by atoms with Crippen LogP contribution >= 0.6 is 0 Å². The molecule has 0 fully saturated rings. The molecule has 0 amide bonds. The first kappa shape index (κ1) is 5.68. The SMILES string of the molecule is N=Nc1ccoc(=O)c1. The molecule has 0 atom stereocenters. The highest BCUT2D eigenvalue weighted by atomic mass is 16.4. The molecule has 0 saturated carbocycles. The van der Waals surface area contributed by atoms with E-state index in [0.29, 0.717) is 5.69 Å². The van der Waals surface area contributed by atoms with Crippen LogP contribution in [0.2, 0.25) is 0 Å². The van der Waals surface area contributed by atoms with Crippen LogP contribution in [0.4, 0.5) is 5.69 Å². The standard InChI is InChI=1S/C5H4N2O2/c6-7-4-1-2-9-5(8)3-4/h1-3,6H. The Balaban J connectivity index is 3.23. The van der Waals surface area contributed by atoms with Crippen molar-refractivity contribution >= 4 is 5.69 Å². The third kappa shape index (κ3) is 1.22. The Hall–Kier alpha value is -1.45. The van der Waals surface area contributed by atoms with Gasteiger partial charge in [0.05, 0.1) is 18.0 Å². The quantitative estimate of drug-likeness (QED) is 0.573. The van der Waals surface area contributed by atoms with Gasteiger partial charge < -0.3 is 4.42 Å². The summed E-state index contributed by atoms with van der Waals surface area (Å²) >= 11 is 0. The van der Waals surface area contributed by atoms with Gasteiger partial charge in [0, 0.05) is 6.07 Å². The zero-order valence-corrected chi connectivity index (χ0v) is 4.50. The van der Waals surface area contributed by atoms with Crippen molar-refractivity contribution in [2.45, 2.75) is 0 Å². The molecule has 0 aliphatic heterocycles. The van der Waals surface area contributed by atoms with Gasteiger partial charge in [-0.3, -0.25) is 0 Å². The summed E-state index contributed by atoms with van der Waals surface area (Å²) in [4.78, 5) is 10.3. The molecule has 0 unspecified atom stereocenters. The number of hydrogen-bond acceptors (Lipinski definition) is 4. The highest BCUT2D eigenvalue weighted by Gasteiger charge is 1.87. The summed E-state index contributed by atoms with van der Waals surface area (Å²) < 4.78 is 4.37. The topological polar surface area (TPSA) is 66.4 Å². The Bertz CT molecular complexity index is 266. The zero-order valence-electron chi connectivity index (χ0n) is 4.50. The predicted molar refractivity (Wildman–Crippen MR) is 29.8 cm³/mol. The van der Waals surface area contributed by atoms with Gasteiger partial charge >= 0.3 is 5.63 Å². The Morgan fingerprint density at radius 2 is 2.44 bits per heavy atom. The fraction of sp³-hybridized carbons (Fsp3) is 0. The lowest BCUT2D eigenvalue weighted by Crippen LogP contribution is -1.91. The minimum absolute atomic E-state index is 0.311. The van der Waals surface area contributed by atoms with Crippen LogP contribution in [0.25, 0.3) is 0 Å². The van der Waals surface area contributed by atoms with E-state index >= 15 is 0 Å². The van der Waals surface area contributed by atoms with E-state index in [9.17, 15) is 4.79 Å². The fourth-order valence-corrected chi connectivity index (χ4v) is 0.443. The van der Waals surface area contributed by atoms with Crippen molar-refractivity contribution in [2.75, 3.05) is 0 Å². The molecule has 1 heterocycles. The van der Waals surface area contributed by atoms with Gasteiger partial charge in [-0.1, -0.05) is 0 Å². The fourth-order valence-electron chi connectivity index (χ4n) is 0.443. The summed E-state index contributed by atoms with van der Waals surface area (Å²) in [6, 6.07) is 2.58. The Morgan fingerprint density at radius 3 is 2.89 bits per heavy atom. The normalized spacial score (nSPS) is 8.89. The van der Waals surface area contributed by atoms with E-state index in [0.717, 1.165) is 6.07 Å². The van der Waals surface area contributed by atoms with Crippen LogP contribution in [0, 0.1) is 5.53 Å². The van der Waals surface area contributed by atoms with E-state index < -0.39 is 5.63 Å². The molecule has 1 N–H and O–H groups in total. The molecule has 0 spiro atoms. The van der Waals surface area contributed by atoms with Gasteiger partial charge in [0.15, 0.2) is 0 Å². The molecule has 0 saturated heterocycles. The maximum Gasteiger partial charge on any atom is 0.337 e. The third-order valence-corrected chi connectivity index (χ3v) is 0.818. The van der Waals surface area contributed by atoms with Crippen molar-refractivity contribution in [1.29, 1.82) is 5.53 Å². The molecule has 1 rings (SSSR count). The van der Waals surface area contributed by atoms with E-state index in [1.54, 1.807) is 0 Å². The van der Waals surface area contributed by atoms with Crippen molar-refractivity contribution in [2.24, 2.45) is 5.11 Å². The summed E-state index contributed by atoms with van der Waals surface area (Å²) in [6.07, 6.45) is 1.20. The number of nitrogens with one attached hydrogen (secondary N) is 1. The first-order valence-corrected chi connectivity index (χ1v) is 2.29. The highest BCUT2D eigenvalue weighted by molar-refractivity contribution is 5.30. The lowest BCUT2D eigenvalue weighted by atomic mass is 10.4. The third-order valence-electron chi connectivity index (χ3n) is 0.818. The van der Waals surface area contributed by atoms with E-state index in [4.69, 9.17) is 5.53 Å². The number of hydrogen-bond donors (Lipinski definition) is 1. The molecule has 46 valence electrons. The monoisotopic (exact) mass is 124 g/mol. The van der Waals surface area contributed by atoms with Crippen LogP contribution in [-0.4, -0.2) is 0 Å². The first-order chi connectivity index (χ1) is 4.33. The van der Waals surface area contributed by atoms with Gasteiger partial charge in [0.1, 0.15) is 0 Å². The van der Waals surface area contributed by atoms with E-state index in [1.165, 1.54) is 12.3 Å². The molecule has 0 aliphatic carbocycles. The smallest absolute Gasteiger partial charge is 0.337 e. The minimum atomic E-state index is -0.483. The molecule has 9 heavy (non-hydrogen) atoms. The summed E-state index contributed by atoms with van der Waals surface area (Å²) in [5.74, 6) is 0. The molecular formula is C5H4N2O2. The van der Waals surface area contributed by atoms with Crippen LogP contribution in [0.5, 0.6) is 0 Å². The van der Waals surface area contributed by atoms with Crippen molar-refractivity contribution in [1.82, 2.24) is 0 Å². The van der Waals surface area contributed by atoms with E-state index in [2.05, 4.69) is 9.53 Å².